The van der Waals surface area contributed by atoms with E-state index in [1.165, 1.54) is 24.0 Å². The summed E-state index contributed by atoms with van der Waals surface area (Å²) in [7, 11) is -3.88. The molecule has 0 aliphatic rings. The van der Waals surface area contributed by atoms with Crippen LogP contribution in [0.25, 0.3) is 0 Å². The maximum atomic E-state index is 12.8. The molecule has 6 nitrogen and oxygen atoms in total. The third kappa shape index (κ3) is 7.31. The van der Waals surface area contributed by atoms with Gasteiger partial charge >= 0.3 is 0 Å². The first kappa shape index (κ1) is 22.7. The second-order valence-corrected chi connectivity index (χ2v) is 8.92. The van der Waals surface area contributed by atoms with Crippen molar-refractivity contribution >= 4 is 15.9 Å². The van der Waals surface area contributed by atoms with Gasteiger partial charge in [0.15, 0.2) is 0 Å². The molecule has 1 atom stereocenters. The lowest BCUT2D eigenvalue weighted by Gasteiger charge is -2.19. The summed E-state index contributed by atoms with van der Waals surface area (Å²) in [6.07, 6.45) is 5.68. The molecule has 0 bridgehead atoms. The maximum Gasteiger partial charge on any atom is 0.242 e. The van der Waals surface area contributed by atoms with Gasteiger partial charge in [-0.3, -0.25) is 9.78 Å². The van der Waals surface area contributed by atoms with Crippen LogP contribution in [0.1, 0.15) is 24.0 Å². The highest BCUT2D eigenvalue weighted by Gasteiger charge is 2.26. The second-order valence-electron chi connectivity index (χ2n) is 7.21. The predicted octanol–water partition coefficient (Wildman–Crippen LogP) is 2.91. The van der Waals surface area contributed by atoms with Crippen molar-refractivity contribution in [3.8, 4) is 0 Å². The van der Waals surface area contributed by atoms with E-state index >= 15 is 0 Å². The van der Waals surface area contributed by atoms with Crippen LogP contribution in [0.5, 0.6) is 0 Å². The molecule has 3 aromatic rings. The summed E-state index contributed by atoms with van der Waals surface area (Å²) in [5.41, 5.74) is 2.11. The number of unbranched alkanes of at least 4 members (excludes halogenated alkanes) is 1. The van der Waals surface area contributed by atoms with E-state index in [1.54, 1.807) is 18.2 Å². The summed E-state index contributed by atoms with van der Waals surface area (Å²) < 4.78 is 28.0. The van der Waals surface area contributed by atoms with Gasteiger partial charge in [0.05, 0.1) is 0 Å². The highest BCUT2D eigenvalue weighted by Crippen LogP contribution is 2.10. The number of pyridine rings is 1. The number of aryl methyl sites for hydroxylation is 1. The van der Waals surface area contributed by atoms with E-state index in [9.17, 15) is 13.2 Å². The molecule has 0 saturated carbocycles. The molecule has 0 spiro atoms. The number of amides is 1. The Morgan fingerprint density at radius 3 is 2.45 bits per heavy atom. The lowest BCUT2D eigenvalue weighted by molar-refractivity contribution is -0.122. The smallest absolute Gasteiger partial charge is 0.242 e. The summed E-state index contributed by atoms with van der Waals surface area (Å²) >= 11 is 0. The number of aromatic nitrogens is 1. The molecule has 2 N–H and O–H groups in total. The largest absolute Gasteiger partial charge is 0.355 e. The molecule has 0 fully saturated rings. The molecule has 0 aliphatic heterocycles. The van der Waals surface area contributed by atoms with Crippen LogP contribution in [0, 0.1) is 6.07 Å². The van der Waals surface area contributed by atoms with Crippen molar-refractivity contribution in [3.63, 3.8) is 0 Å². The zero-order valence-electron chi connectivity index (χ0n) is 17.2. The zero-order chi connectivity index (χ0) is 21.9. The normalized spacial score (nSPS) is 12.3. The van der Waals surface area contributed by atoms with Crippen molar-refractivity contribution in [2.24, 2.45) is 0 Å². The van der Waals surface area contributed by atoms with E-state index in [4.69, 9.17) is 0 Å². The molecule has 2 aromatic carbocycles. The van der Waals surface area contributed by atoms with Crippen LogP contribution in [-0.4, -0.2) is 31.9 Å². The first-order valence-corrected chi connectivity index (χ1v) is 11.7. The highest BCUT2D eigenvalue weighted by molar-refractivity contribution is 7.89. The molecule has 7 heteroatoms. The van der Waals surface area contributed by atoms with Gasteiger partial charge in [0.1, 0.15) is 10.9 Å². The fourth-order valence-electron chi connectivity index (χ4n) is 3.18. The van der Waals surface area contributed by atoms with E-state index in [1.807, 2.05) is 30.3 Å². The number of hydrogen-bond acceptors (Lipinski definition) is 4. The molecular weight excluding hydrogens is 410 g/mol. The third-order valence-electron chi connectivity index (χ3n) is 4.82. The molecule has 1 unspecified atom stereocenters. The number of sulfonamides is 1. The fourth-order valence-corrected chi connectivity index (χ4v) is 4.33. The van der Waals surface area contributed by atoms with E-state index in [2.05, 4.69) is 33.2 Å². The predicted molar refractivity (Wildman–Crippen MR) is 120 cm³/mol. The van der Waals surface area contributed by atoms with Gasteiger partial charge in [-0.25, -0.2) is 8.42 Å². The topological polar surface area (TPSA) is 88.2 Å². The van der Waals surface area contributed by atoms with Crippen molar-refractivity contribution in [2.45, 2.75) is 36.6 Å². The molecule has 31 heavy (non-hydrogen) atoms. The molecule has 3 rings (SSSR count). The molecule has 0 saturated heterocycles. The van der Waals surface area contributed by atoms with Crippen molar-refractivity contribution < 1.29 is 13.2 Å². The third-order valence-corrected chi connectivity index (χ3v) is 6.28. The monoisotopic (exact) mass is 436 g/mol. The average molecular weight is 437 g/mol. The summed E-state index contributed by atoms with van der Waals surface area (Å²) in [5.74, 6) is -0.347. The Bertz CT molecular complexity index is 1040. The van der Waals surface area contributed by atoms with Crippen LogP contribution in [-0.2, 0) is 27.7 Å². The number of benzene rings is 2. The van der Waals surface area contributed by atoms with Crippen LogP contribution in [0.15, 0.2) is 84.0 Å². The van der Waals surface area contributed by atoms with E-state index in [0.717, 1.165) is 24.8 Å². The Hall–Kier alpha value is -3.03. The Morgan fingerprint density at radius 2 is 1.74 bits per heavy atom. The molecule has 0 aliphatic carbocycles. The van der Waals surface area contributed by atoms with Crippen LogP contribution in [0.3, 0.4) is 0 Å². The van der Waals surface area contributed by atoms with Gasteiger partial charge in [-0.15, -0.1) is 0 Å². The lowest BCUT2D eigenvalue weighted by Crippen LogP contribution is -2.48. The number of nitrogens with zero attached hydrogens (tertiary/aromatic N) is 1. The summed E-state index contributed by atoms with van der Waals surface area (Å²) in [5, 5.41) is 2.87. The minimum absolute atomic E-state index is 0.0251. The molecule has 1 amide bonds. The minimum atomic E-state index is -3.88. The molecular formula is C24H26N3O3S. The van der Waals surface area contributed by atoms with Crippen molar-refractivity contribution in [1.29, 1.82) is 0 Å². The van der Waals surface area contributed by atoms with Gasteiger partial charge in [-0.1, -0.05) is 54.6 Å². The summed E-state index contributed by atoms with van der Waals surface area (Å²) in [6, 6.07) is 22.3. The Balaban J connectivity index is 1.59. The average Bonchev–Trinajstić information content (AvgIpc) is 2.80. The van der Waals surface area contributed by atoms with Gasteiger partial charge < -0.3 is 5.32 Å². The van der Waals surface area contributed by atoms with Gasteiger partial charge in [0, 0.05) is 18.9 Å². The maximum absolute atomic E-state index is 12.8. The van der Waals surface area contributed by atoms with E-state index in [0.29, 0.717) is 6.54 Å². The standard InChI is InChI=1S/C24H26N3O3S/c28-24(26-17-8-7-12-20-10-3-1-4-11-20)23(18-21-13-5-2-6-14-21)27-31(29,30)22-15-9-16-25-19-22/h1,3-6,9-11,13-16,19,23,27H,7-8,12,17-18H2,(H,26,28). The van der Waals surface area contributed by atoms with Gasteiger partial charge in [-0.2, -0.15) is 4.72 Å². The van der Waals surface area contributed by atoms with E-state index < -0.39 is 16.1 Å². The van der Waals surface area contributed by atoms with Crippen LogP contribution < -0.4 is 10.0 Å². The van der Waals surface area contributed by atoms with Gasteiger partial charge in [-0.05, 0) is 55.0 Å². The lowest BCUT2D eigenvalue weighted by atomic mass is 10.1. The second kappa shape index (κ2) is 11.4. The molecule has 1 aromatic heterocycles. The number of carbonyl (C=O) groups is 1. The molecule has 161 valence electrons. The van der Waals surface area contributed by atoms with Crippen molar-refractivity contribution in [2.75, 3.05) is 6.54 Å². The Kier molecular flexibility index (Phi) is 8.32. The van der Waals surface area contributed by atoms with Crippen LogP contribution >= 0.6 is 0 Å². The first-order chi connectivity index (χ1) is 15.0. The van der Waals surface area contributed by atoms with Crippen LogP contribution in [0.4, 0.5) is 0 Å². The number of hydrogen-bond donors (Lipinski definition) is 2. The number of nitrogens with one attached hydrogen (secondary N) is 2. The highest BCUT2D eigenvalue weighted by atomic mass is 32.2. The van der Waals surface area contributed by atoms with Crippen molar-refractivity contribution in [3.05, 3.63) is 96.3 Å². The minimum Gasteiger partial charge on any atom is -0.355 e. The Morgan fingerprint density at radius 1 is 0.968 bits per heavy atom. The molecule has 1 heterocycles. The quantitative estimate of drug-likeness (QED) is 0.453. The SMILES string of the molecule is O=C(NCCCCc1ccccc1)C(Cc1cc[c]cc1)NS(=O)(=O)c1cccnc1. The number of rotatable bonds is 11. The molecule has 1 radical (unpaired) electrons. The fraction of sp³-hybridized carbons (Fsp3) is 0.250. The van der Waals surface area contributed by atoms with Gasteiger partial charge in [0.2, 0.25) is 15.9 Å². The summed E-state index contributed by atoms with van der Waals surface area (Å²) in [4.78, 5) is 16.7. The number of carbonyl (C=O) groups excluding carboxylic acids is 1. The van der Waals surface area contributed by atoms with E-state index in [-0.39, 0.29) is 17.2 Å². The summed E-state index contributed by atoms with van der Waals surface area (Å²) in [6.45, 7) is 0.485. The first-order valence-electron chi connectivity index (χ1n) is 10.2. The Labute approximate surface area is 183 Å². The zero-order valence-corrected chi connectivity index (χ0v) is 18.0. The van der Waals surface area contributed by atoms with Crippen LogP contribution in [0.2, 0.25) is 0 Å². The van der Waals surface area contributed by atoms with Crippen molar-refractivity contribution in [1.82, 2.24) is 15.0 Å². The van der Waals surface area contributed by atoms with Gasteiger partial charge in [0.25, 0.3) is 0 Å².